The fourth-order valence-corrected chi connectivity index (χ4v) is 13.1. The van der Waals surface area contributed by atoms with Gasteiger partial charge in [-0.2, -0.15) is 5.26 Å². The maximum atomic E-state index is 11.3. The Morgan fingerprint density at radius 1 is 0.512 bits per heavy atom. The van der Waals surface area contributed by atoms with E-state index in [0.29, 0.717) is 104 Å². The summed E-state index contributed by atoms with van der Waals surface area (Å²) < 4.78 is 35.3. The molecule has 1 aliphatic carbocycles. The topological polar surface area (TPSA) is 250 Å². The molecule has 0 spiro atoms. The zero-order valence-corrected chi connectivity index (χ0v) is 83.8. The molecule has 0 radical (unpaired) electrons. The number of aliphatic hydroxyl groups is 3. The number of esters is 1. The van der Waals surface area contributed by atoms with E-state index in [-0.39, 0.29) is 58.1 Å². The van der Waals surface area contributed by atoms with Crippen molar-refractivity contribution in [2.24, 2.45) is 82.9 Å². The summed E-state index contributed by atoms with van der Waals surface area (Å²) in [6, 6.07) is 2.72. The minimum Gasteiger partial charge on any atom is -0.464 e. The Morgan fingerprint density at radius 3 is 1.43 bits per heavy atom. The van der Waals surface area contributed by atoms with Gasteiger partial charge in [-0.3, -0.25) is 19.4 Å². The van der Waals surface area contributed by atoms with Crippen LogP contribution in [0, 0.1) is 213 Å². The van der Waals surface area contributed by atoms with E-state index in [1.54, 1.807) is 11.1 Å². The number of piperidine rings is 1. The highest BCUT2D eigenvalue weighted by molar-refractivity contribution is 5.78. The van der Waals surface area contributed by atoms with Crippen LogP contribution in [0.15, 0.2) is 12.4 Å². The van der Waals surface area contributed by atoms with Crippen LogP contribution in [0.4, 0.5) is 0 Å². The Balaban J connectivity index is 0.000000479. The smallest absolute Gasteiger partial charge is 0.307 e. The number of carbonyl (C=O) groups is 2. The highest BCUT2D eigenvalue weighted by Crippen LogP contribution is 2.37. The Bertz CT molecular complexity index is 4010. The third-order valence-electron chi connectivity index (χ3n) is 20.4. The Hall–Kier alpha value is -7.32. The number of amides is 1. The zero-order chi connectivity index (χ0) is 95.4. The van der Waals surface area contributed by atoms with Crippen molar-refractivity contribution in [1.82, 2.24) is 45.5 Å². The van der Waals surface area contributed by atoms with Gasteiger partial charge >= 0.3 is 5.97 Å². The lowest BCUT2D eigenvalue weighted by molar-refractivity contribution is -0.138. The van der Waals surface area contributed by atoms with Crippen molar-refractivity contribution in [1.29, 1.82) is 5.26 Å². The van der Waals surface area contributed by atoms with Gasteiger partial charge in [0.15, 0.2) is 11.4 Å². The van der Waals surface area contributed by atoms with E-state index < -0.39 is 23.9 Å². The number of nitrogens with one attached hydrogen (secondary N) is 4. The fourth-order valence-electron chi connectivity index (χ4n) is 13.1. The van der Waals surface area contributed by atoms with E-state index in [9.17, 15) is 19.8 Å². The first-order chi connectivity index (χ1) is 59.7. The molecule has 21 nitrogen and oxygen atoms in total. The van der Waals surface area contributed by atoms with Crippen LogP contribution < -0.4 is 21.3 Å². The molecule has 9 atom stereocenters. The minimum absolute atomic E-state index is 0.0106. The first-order valence-corrected chi connectivity index (χ1v) is 47.3. The van der Waals surface area contributed by atoms with Crippen molar-refractivity contribution in [2.75, 3.05) is 138 Å². The van der Waals surface area contributed by atoms with Crippen LogP contribution in [0.3, 0.4) is 0 Å². The van der Waals surface area contributed by atoms with E-state index in [4.69, 9.17) is 38.8 Å². The summed E-state index contributed by atoms with van der Waals surface area (Å²) in [4.78, 5) is 32.7. The van der Waals surface area contributed by atoms with E-state index in [1.807, 2.05) is 82.4 Å². The van der Waals surface area contributed by atoms with Gasteiger partial charge in [-0.25, -0.2) is 4.98 Å². The number of likely N-dealkylation sites (tertiary alicyclic amines) is 1. The molecule has 7 N–H and O–H groups in total. The number of morpholine rings is 4. The largest absolute Gasteiger partial charge is 0.464 e. The number of aliphatic hydroxyl groups excluding tert-OH is 2. The standard InChI is InChI=1S/C13H23NO.C12H16N2O.C12H21NO.C11H17NO2.2C10H17NO.C10H13NO.C10H17N.C9H15NO.C9H12O2/c1-11(2)6-7-13(5)10-14(12(3)4)8-9-15-13;1-10(2)4-5-12(3)11-13-6-7-14(11)8-9-15-12;1-5-13-8-9-14-12(4,10-13)7-6-11(2)3;1-9(2)5-6-10-4-3-7-12(10)11(14)8-13;2*1-9(2)4-5-10(3)8-11-6-7-12-10;1-8(2)3-4-10(12)5-9(6-10)7-11;1-9(2)5-6-10-4-3-7-11-8-10;1-7(2)3-4-9(11)8-5-10-6-8;1-7(2)3-4-8-5-9(10)11-6-8/h11-12H,8-10H2,1-5H3;6-7,10H,8-9H2,1-3H3;11H,5,8-10H2,1-4H3;9-10,13H,3-4,7-8H2,1-2H3;2*9,11H,6-8H2,1-3H3;8-9,12H,5-6H2,1-2H3;9-11H,3-4,7-8H2,1-2H3;7-11H,5-6H2,1-2H3;7-8H,5-6H2,1-2H3/t13-;;12-;;10-;;;;;8-/m1.1.1....0/s1. The molecule has 708 valence electrons. The van der Waals surface area contributed by atoms with E-state index in [2.05, 4.69) is 283 Å². The lowest BCUT2D eigenvalue weighted by Gasteiger charge is -2.39. The van der Waals surface area contributed by atoms with Crippen molar-refractivity contribution < 1.29 is 53.3 Å². The second-order valence-corrected chi connectivity index (χ2v) is 38.4. The summed E-state index contributed by atoms with van der Waals surface area (Å²) in [5, 5.41) is 49.3. The molecule has 5 unspecified atom stereocenters. The summed E-state index contributed by atoms with van der Waals surface area (Å²) in [5.41, 5.74) is -2.44. The molecule has 1 amide bonds. The number of carbonyl (C=O) groups excluding carboxylic acids is 2. The Morgan fingerprint density at radius 2 is 0.984 bits per heavy atom. The van der Waals surface area contributed by atoms with Gasteiger partial charge in [-0.05, 0) is 87.2 Å². The average molecular weight is 1760 g/mol. The number of aromatic nitrogens is 2. The molecule has 0 bridgehead atoms. The molecule has 1 aromatic heterocycles. The maximum absolute atomic E-state index is 11.3. The van der Waals surface area contributed by atoms with Crippen molar-refractivity contribution >= 4 is 11.9 Å². The number of rotatable bonds is 4. The maximum Gasteiger partial charge on any atom is 0.307 e. The van der Waals surface area contributed by atoms with Crippen molar-refractivity contribution in [3.63, 3.8) is 0 Å². The third-order valence-corrected chi connectivity index (χ3v) is 20.4. The molecule has 9 fully saturated rings. The molecule has 1 aromatic rings. The molecule has 8 saturated heterocycles. The number of cyclic esters (lactones) is 1. The fraction of sp³-hybridized carbons (Fsp3) is 0.755. The van der Waals surface area contributed by atoms with Crippen LogP contribution in [0.1, 0.15) is 245 Å². The zero-order valence-electron chi connectivity index (χ0n) is 83.8. The molecule has 10 aliphatic rings. The second-order valence-electron chi connectivity index (χ2n) is 38.4. The predicted octanol–water partition coefficient (Wildman–Crippen LogP) is 12.8. The highest BCUT2D eigenvalue weighted by atomic mass is 16.5. The number of nitriles is 1. The van der Waals surface area contributed by atoms with Crippen LogP contribution in [-0.4, -0.2) is 236 Å². The summed E-state index contributed by atoms with van der Waals surface area (Å²) in [6.45, 7) is 76.4. The van der Waals surface area contributed by atoms with Gasteiger partial charge in [0.1, 0.15) is 47.3 Å². The first-order valence-electron chi connectivity index (χ1n) is 47.3. The van der Waals surface area contributed by atoms with E-state index in [0.717, 1.165) is 137 Å². The molecule has 21 heteroatoms. The third kappa shape index (κ3) is 51.8. The van der Waals surface area contributed by atoms with E-state index >= 15 is 0 Å². The number of imidazole rings is 1. The van der Waals surface area contributed by atoms with Gasteiger partial charge in [-0.15, -0.1) is 11.8 Å². The van der Waals surface area contributed by atoms with Crippen LogP contribution >= 0.6 is 0 Å². The van der Waals surface area contributed by atoms with Crippen molar-refractivity contribution in [3.8, 4) is 124 Å². The molecule has 9 aliphatic heterocycles. The van der Waals surface area contributed by atoms with E-state index in [1.165, 1.54) is 19.4 Å². The van der Waals surface area contributed by atoms with Gasteiger partial charge in [0.05, 0.1) is 63.4 Å². The Labute approximate surface area is 772 Å². The molecule has 11 rings (SSSR count). The summed E-state index contributed by atoms with van der Waals surface area (Å²) >= 11 is 0. The van der Waals surface area contributed by atoms with Crippen molar-refractivity contribution in [2.45, 2.75) is 297 Å². The van der Waals surface area contributed by atoms with Gasteiger partial charge in [-0.1, -0.05) is 252 Å². The molecule has 1 saturated carbocycles. The number of ether oxygens (including phenoxy) is 6. The van der Waals surface area contributed by atoms with Crippen molar-refractivity contribution in [3.05, 3.63) is 18.2 Å². The first kappa shape index (κ1) is 116. The van der Waals surface area contributed by atoms with Gasteiger partial charge in [0, 0.05) is 187 Å². The molecule has 10 heterocycles. The quantitative estimate of drug-likeness (QED) is 0.109. The lowest BCUT2D eigenvalue weighted by Crippen LogP contribution is -2.51. The molecule has 127 heavy (non-hydrogen) atoms. The molecular weight excluding hydrogens is 1590 g/mol. The monoisotopic (exact) mass is 1760 g/mol. The average Bonchev–Trinajstić information content (AvgIpc) is 1.72. The van der Waals surface area contributed by atoms with Gasteiger partial charge in [0.25, 0.3) is 0 Å². The number of hydrogen-bond donors (Lipinski definition) is 7. The number of hydrogen-bond acceptors (Lipinski definition) is 19. The van der Waals surface area contributed by atoms with Gasteiger partial charge in [0.2, 0.25) is 5.91 Å². The number of fused-ring (bicyclic) bond motifs is 1. The Kier molecular flexibility index (Phi) is 55.9. The van der Waals surface area contributed by atoms with Gasteiger partial charge < -0.3 is 74.5 Å². The highest BCUT2D eigenvalue weighted by Gasteiger charge is 2.42. The lowest BCUT2D eigenvalue weighted by atomic mass is 9.72. The second kappa shape index (κ2) is 61.3. The minimum atomic E-state index is -0.856. The molecular formula is C106H168N10O11. The van der Waals surface area contributed by atoms with Crippen LogP contribution in [-0.2, 0) is 50.2 Å². The number of likely N-dealkylation sites (N-methyl/N-ethyl adjacent to an activating group) is 1. The van der Waals surface area contributed by atoms with Crippen LogP contribution in [0.25, 0.3) is 0 Å². The summed E-state index contributed by atoms with van der Waals surface area (Å²) in [5.74, 6) is 67.8. The summed E-state index contributed by atoms with van der Waals surface area (Å²) in [6.07, 6.45) is 9.37. The number of nitrogens with zero attached hydrogens (tertiary/aromatic N) is 6. The van der Waals surface area contributed by atoms with Crippen LogP contribution in [0.5, 0.6) is 0 Å². The predicted molar refractivity (Wildman–Crippen MR) is 516 cm³/mol. The molecule has 0 aromatic carbocycles. The normalized spacial score (nSPS) is 26.2. The SMILES string of the molecule is CC(C)C#CC(O)C1CNC1.CC(C)C#CC1(C)CNCCO1.CC(C)C#CC1(C)OCCn2ccnc21.CC(C)C#CC1(O)CC(C#N)C1.CC(C)C#CC1CCCN1C(=O)CO.CC(C)C#CC1CCCNC1.CC(C)C#C[C@@H]1COC(=O)C1.CC(C)C#C[C@]1(C)CN(C(C)C)CCO1.CC(C)C#C[C@]1(C)CNCCO1.CCN1CCO[C@](C)(C#CC(C)C)C1. The van der Waals surface area contributed by atoms with Crippen LogP contribution in [0.2, 0.25) is 0 Å². The summed E-state index contributed by atoms with van der Waals surface area (Å²) in [7, 11) is 0.